The van der Waals surface area contributed by atoms with Crippen LogP contribution in [0.5, 0.6) is 5.75 Å². The fraction of sp³-hybridized carbons (Fsp3) is 0.0769. The Morgan fingerprint density at radius 2 is 1.82 bits per heavy atom. The van der Waals surface area contributed by atoms with Crippen molar-refractivity contribution >= 4 is 16.8 Å². The zero-order chi connectivity index (χ0) is 23.7. The molecule has 34 heavy (non-hydrogen) atoms. The van der Waals surface area contributed by atoms with Crippen LogP contribution in [-0.2, 0) is 6.61 Å². The average molecular weight is 456 g/mol. The molecule has 0 amide bonds. The molecule has 3 aromatic carbocycles. The highest BCUT2D eigenvalue weighted by atomic mass is 19.1. The van der Waals surface area contributed by atoms with E-state index in [1.165, 1.54) is 18.2 Å². The minimum Gasteiger partial charge on any atom is -0.486 e. The summed E-state index contributed by atoms with van der Waals surface area (Å²) in [6, 6.07) is 15.9. The number of hydrogen-bond acceptors (Lipinski definition) is 5. The predicted molar refractivity (Wildman–Crippen MR) is 122 cm³/mol. The quantitative estimate of drug-likeness (QED) is 0.328. The van der Waals surface area contributed by atoms with E-state index in [2.05, 4.69) is 15.0 Å². The van der Waals surface area contributed by atoms with Gasteiger partial charge in [-0.05, 0) is 42.8 Å². The molecule has 0 unspecified atom stereocenters. The molecular formula is C26H18F2N4O2. The molecule has 0 fully saturated rings. The fourth-order valence-electron chi connectivity index (χ4n) is 3.61. The molecule has 2 heterocycles. The number of halogens is 2. The Bertz CT molecular complexity index is 1520. The van der Waals surface area contributed by atoms with E-state index in [-0.39, 0.29) is 17.9 Å². The van der Waals surface area contributed by atoms with Gasteiger partial charge in [-0.15, -0.1) is 0 Å². The Morgan fingerprint density at radius 1 is 1.00 bits per heavy atom. The summed E-state index contributed by atoms with van der Waals surface area (Å²) in [6.07, 6.45) is 4.97. The molecule has 0 aliphatic carbocycles. The summed E-state index contributed by atoms with van der Waals surface area (Å²) in [5.41, 5.74) is 1.17. The predicted octanol–water partition coefficient (Wildman–Crippen LogP) is 5.21. The lowest BCUT2D eigenvalue weighted by molar-refractivity contribution is 0.103. The number of nitrogens with zero attached hydrogens (tertiary/aromatic N) is 4. The van der Waals surface area contributed by atoms with Crippen LogP contribution >= 0.6 is 0 Å². The van der Waals surface area contributed by atoms with Crippen LogP contribution in [0.1, 0.15) is 27.3 Å². The number of imidazole rings is 1. The summed E-state index contributed by atoms with van der Waals surface area (Å²) in [6.45, 7) is 1.91. The topological polar surface area (TPSA) is 69.9 Å². The highest BCUT2D eigenvalue weighted by Crippen LogP contribution is 2.27. The van der Waals surface area contributed by atoms with Gasteiger partial charge in [-0.3, -0.25) is 14.3 Å². The van der Waals surface area contributed by atoms with Crippen molar-refractivity contribution in [3.63, 3.8) is 0 Å². The number of fused-ring (bicyclic) bond motifs is 1. The van der Waals surface area contributed by atoms with Crippen LogP contribution < -0.4 is 4.74 Å². The Balaban J connectivity index is 1.48. The number of ketones is 1. The van der Waals surface area contributed by atoms with E-state index in [0.717, 1.165) is 17.5 Å². The molecule has 0 saturated heterocycles. The van der Waals surface area contributed by atoms with Crippen LogP contribution in [0.4, 0.5) is 8.78 Å². The number of ether oxygens (including phenoxy) is 1. The molecule has 0 bridgehead atoms. The van der Waals surface area contributed by atoms with E-state index in [1.54, 1.807) is 29.2 Å². The number of benzene rings is 3. The van der Waals surface area contributed by atoms with E-state index < -0.39 is 23.0 Å². The highest BCUT2D eigenvalue weighted by molar-refractivity contribution is 6.10. The van der Waals surface area contributed by atoms with Crippen LogP contribution in [-0.4, -0.2) is 25.3 Å². The molecule has 0 aliphatic heterocycles. The van der Waals surface area contributed by atoms with E-state index in [4.69, 9.17) is 4.74 Å². The van der Waals surface area contributed by atoms with Gasteiger partial charge in [0.25, 0.3) is 0 Å². The minimum atomic E-state index is -1.05. The van der Waals surface area contributed by atoms with Crippen molar-refractivity contribution in [1.29, 1.82) is 0 Å². The lowest BCUT2D eigenvalue weighted by Gasteiger charge is -2.11. The van der Waals surface area contributed by atoms with Crippen molar-refractivity contribution in [3.8, 4) is 11.6 Å². The molecule has 0 N–H and O–H groups in total. The number of carbonyl (C=O) groups excluding carboxylic acids is 1. The van der Waals surface area contributed by atoms with Crippen molar-refractivity contribution in [2.45, 2.75) is 13.5 Å². The number of carbonyl (C=O) groups is 1. The van der Waals surface area contributed by atoms with Crippen LogP contribution in [0.3, 0.4) is 0 Å². The second kappa shape index (κ2) is 8.82. The maximum Gasteiger partial charge on any atom is 0.199 e. The normalized spacial score (nSPS) is 11.0. The van der Waals surface area contributed by atoms with E-state index in [0.29, 0.717) is 16.9 Å². The van der Waals surface area contributed by atoms with Gasteiger partial charge < -0.3 is 4.74 Å². The lowest BCUT2D eigenvalue weighted by atomic mass is 10.0. The van der Waals surface area contributed by atoms with Gasteiger partial charge >= 0.3 is 0 Å². The largest absolute Gasteiger partial charge is 0.486 e. The molecule has 5 rings (SSSR count). The summed E-state index contributed by atoms with van der Waals surface area (Å²) in [5, 5.41) is 0. The van der Waals surface area contributed by atoms with E-state index >= 15 is 4.39 Å². The lowest BCUT2D eigenvalue weighted by Crippen LogP contribution is -2.10. The van der Waals surface area contributed by atoms with E-state index in [9.17, 15) is 9.18 Å². The SMILES string of the molecule is Cc1nccn1-c1cnc2ccc(C(=O)c3c(F)ccc(OCc4ccccc4)c3F)cc2n1. The van der Waals surface area contributed by atoms with Crippen molar-refractivity contribution in [2.75, 3.05) is 0 Å². The maximum absolute atomic E-state index is 15.2. The first-order valence-electron chi connectivity index (χ1n) is 10.5. The third kappa shape index (κ3) is 4.01. The fourth-order valence-corrected chi connectivity index (χ4v) is 3.61. The van der Waals surface area contributed by atoms with Gasteiger partial charge in [0.05, 0.1) is 22.8 Å². The summed E-state index contributed by atoms with van der Waals surface area (Å²) < 4.78 is 37.0. The molecule has 2 aromatic heterocycles. The Morgan fingerprint density at radius 3 is 2.59 bits per heavy atom. The van der Waals surface area contributed by atoms with Crippen LogP contribution in [0, 0.1) is 18.6 Å². The number of rotatable bonds is 6. The Hall–Kier alpha value is -4.46. The Labute approximate surface area is 193 Å². The van der Waals surface area contributed by atoms with Crippen molar-refractivity contribution < 1.29 is 18.3 Å². The molecule has 8 heteroatoms. The molecule has 5 aromatic rings. The molecule has 0 aliphatic rings. The van der Waals surface area contributed by atoms with Gasteiger partial charge in [-0.2, -0.15) is 0 Å². The first-order valence-corrected chi connectivity index (χ1v) is 10.5. The molecule has 6 nitrogen and oxygen atoms in total. The van der Waals surface area contributed by atoms with Crippen LogP contribution in [0.15, 0.2) is 79.3 Å². The monoisotopic (exact) mass is 456 g/mol. The summed E-state index contributed by atoms with van der Waals surface area (Å²) in [7, 11) is 0. The maximum atomic E-state index is 15.2. The second-order valence-corrected chi connectivity index (χ2v) is 7.61. The standard InChI is InChI=1S/C26H18F2N4O2/c1-16-29-11-12-32(16)23-14-30-20-9-7-18(13-21(20)31-23)26(33)24-19(27)8-10-22(25(24)28)34-15-17-5-3-2-4-6-17/h2-14H,15H2,1H3. The number of aryl methyl sites for hydroxylation is 1. The van der Waals surface area contributed by atoms with Gasteiger partial charge in [0.1, 0.15) is 18.2 Å². The molecular weight excluding hydrogens is 438 g/mol. The molecule has 0 atom stereocenters. The summed E-state index contributed by atoms with van der Waals surface area (Å²) in [5.74, 6) is -1.79. The van der Waals surface area contributed by atoms with Crippen molar-refractivity contribution in [2.24, 2.45) is 0 Å². The first kappa shape index (κ1) is 21.4. The van der Waals surface area contributed by atoms with Crippen LogP contribution in [0.25, 0.3) is 16.9 Å². The minimum absolute atomic E-state index is 0.0824. The zero-order valence-corrected chi connectivity index (χ0v) is 18.1. The third-order valence-electron chi connectivity index (χ3n) is 5.38. The van der Waals surface area contributed by atoms with Crippen LogP contribution in [0.2, 0.25) is 0 Å². The smallest absolute Gasteiger partial charge is 0.199 e. The number of hydrogen-bond donors (Lipinski definition) is 0. The zero-order valence-electron chi connectivity index (χ0n) is 18.1. The van der Waals surface area contributed by atoms with E-state index in [1.807, 2.05) is 37.3 Å². The second-order valence-electron chi connectivity index (χ2n) is 7.61. The van der Waals surface area contributed by atoms with Gasteiger partial charge in [0.2, 0.25) is 0 Å². The average Bonchev–Trinajstić information content (AvgIpc) is 3.29. The molecule has 0 radical (unpaired) electrons. The molecule has 0 saturated carbocycles. The first-order chi connectivity index (χ1) is 16.5. The molecule has 0 spiro atoms. The molecule has 168 valence electrons. The van der Waals surface area contributed by atoms with Gasteiger partial charge in [0, 0.05) is 18.0 Å². The highest BCUT2D eigenvalue weighted by Gasteiger charge is 2.23. The van der Waals surface area contributed by atoms with Gasteiger partial charge in [-0.1, -0.05) is 30.3 Å². The van der Waals surface area contributed by atoms with Gasteiger partial charge in [-0.25, -0.2) is 18.7 Å². The number of aromatic nitrogens is 4. The van der Waals surface area contributed by atoms with Crippen molar-refractivity contribution in [3.05, 3.63) is 113 Å². The summed E-state index contributed by atoms with van der Waals surface area (Å²) >= 11 is 0. The Kier molecular flexibility index (Phi) is 5.55. The van der Waals surface area contributed by atoms with Crippen molar-refractivity contribution in [1.82, 2.24) is 19.5 Å². The summed E-state index contributed by atoms with van der Waals surface area (Å²) in [4.78, 5) is 26.2. The third-order valence-corrected chi connectivity index (χ3v) is 5.38. The van der Waals surface area contributed by atoms with Gasteiger partial charge in [0.15, 0.2) is 23.2 Å².